The summed E-state index contributed by atoms with van der Waals surface area (Å²) in [6, 6.07) is 11.6. The summed E-state index contributed by atoms with van der Waals surface area (Å²) in [5.74, 6) is 0.687. The molecular formula is C14H12N4O3. The molecule has 0 aliphatic rings. The van der Waals surface area contributed by atoms with Crippen LogP contribution in [0.1, 0.15) is 11.3 Å². The molecule has 0 spiro atoms. The SMILES string of the molecule is CNCc1cccc(Oc2ccc([N+](=O)[O-])c(C#N)n2)c1. The van der Waals surface area contributed by atoms with E-state index in [0.717, 1.165) is 5.56 Å². The Hall–Kier alpha value is -2.98. The molecule has 0 aliphatic carbocycles. The van der Waals surface area contributed by atoms with Crippen molar-refractivity contribution in [2.24, 2.45) is 0 Å². The highest BCUT2D eigenvalue weighted by atomic mass is 16.6. The van der Waals surface area contributed by atoms with E-state index in [4.69, 9.17) is 10.00 Å². The van der Waals surface area contributed by atoms with E-state index < -0.39 is 4.92 Å². The first kappa shape index (κ1) is 14.4. The highest BCUT2D eigenvalue weighted by Crippen LogP contribution is 2.24. The topological polar surface area (TPSA) is 101 Å². The molecule has 0 amide bonds. The second-order valence-electron chi connectivity index (χ2n) is 4.17. The maximum absolute atomic E-state index is 10.7. The van der Waals surface area contributed by atoms with Crippen LogP contribution in [0, 0.1) is 21.4 Å². The second kappa shape index (κ2) is 6.45. The zero-order valence-corrected chi connectivity index (χ0v) is 11.2. The van der Waals surface area contributed by atoms with Gasteiger partial charge in [0.1, 0.15) is 11.8 Å². The van der Waals surface area contributed by atoms with Gasteiger partial charge in [0, 0.05) is 18.7 Å². The van der Waals surface area contributed by atoms with Gasteiger partial charge in [-0.3, -0.25) is 10.1 Å². The van der Waals surface area contributed by atoms with Crippen molar-refractivity contribution in [3.63, 3.8) is 0 Å². The van der Waals surface area contributed by atoms with Crippen molar-refractivity contribution in [1.29, 1.82) is 5.26 Å². The van der Waals surface area contributed by atoms with Crippen LogP contribution in [0.15, 0.2) is 36.4 Å². The lowest BCUT2D eigenvalue weighted by atomic mass is 10.2. The summed E-state index contributed by atoms with van der Waals surface area (Å²) in [6.07, 6.45) is 0. The Balaban J connectivity index is 2.26. The zero-order chi connectivity index (χ0) is 15.2. The van der Waals surface area contributed by atoms with Crippen molar-refractivity contribution in [2.75, 3.05) is 7.05 Å². The number of nitrogens with one attached hydrogen (secondary N) is 1. The van der Waals surface area contributed by atoms with Crippen molar-refractivity contribution >= 4 is 5.69 Å². The van der Waals surface area contributed by atoms with Gasteiger partial charge in [-0.1, -0.05) is 12.1 Å². The molecule has 1 heterocycles. The Bertz CT molecular complexity index is 710. The minimum Gasteiger partial charge on any atom is -0.439 e. The van der Waals surface area contributed by atoms with E-state index >= 15 is 0 Å². The zero-order valence-electron chi connectivity index (χ0n) is 11.2. The van der Waals surface area contributed by atoms with Gasteiger partial charge >= 0.3 is 5.69 Å². The number of nitriles is 1. The third-order valence-corrected chi connectivity index (χ3v) is 2.65. The number of hydrogen-bond donors (Lipinski definition) is 1. The molecule has 1 aromatic heterocycles. The van der Waals surface area contributed by atoms with Crippen LogP contribution >= 0.6 is 0 Å². The summed E-state index contributed by atoms with van der Waals surface area (Å²) in [5, 5.41) is 22.6. The molecule has 0 atom stereocenters. The van der Waals surface area contributed by atoms with E-state index in [2.05, 4.69) is 10.3 Å². The number of aromatic nitrogens is 1. The van der Waals surface area contributed by atoms with Gasteiger partial charge in [-0.05, 0) is 24.7 Å². The fourth-order valence-corrected chi connectivity index (χ4v) is 1.76. The molecule has 0 saturated heterocycles. The Labute approximate surface area is 121 Å². The first-order valence-corrected chi connectivity index (χ1v) is 6.11. The fraction of sp³-hybridized carbons (Fsp3) is 0.143. The lowest BCUT2D eigenvalue weighted by Crippen LogP contribution is -2.04. The minimum absolute atomic E-state index is 0.138. The van der Waals surface area contributed by atoms with Crippen molar-refractivity contribution in [1.82, 2.24) is 10.3 Å². The molecule has 1 N–H and O–H groups in total. The van der Waals surface area contributed by atoms with Crippen LogP contribution in [0.3, 0.4) is 0 Å². The number of ether oxygens (including phenoxy) is 1. The highest BCUT2D eigenvalue weighted by molar-refractivity contribution is 5.46. The minimum atomic E-state index is -0.650. The standard InChI is InChI=1S/C14H12N4O3/c1-16-9-10-3-2-4-11(7-10)21-14-6-5-13(18(19)20)12(8-15)17-14/h2-7,16H,9H2,1H3. The molecule has 2 rings (SSSR count). The lowest BCUT2D eigenvalue weighted by molar-refractivity contribution is -0.385. The predicted molar refractivity (Wildman–Crippen MR) is 74.9 cm³/mol. The predicted octanol–water partition coefficient (Wildman–Crippen LogP) is 2.37. The van der Waals surface area contributed by atoms with Gasteiger partial charge in [-0.25, -0.2) is 0 Å². The maximum atomic E-state index is 10.7. The molecule has 21 heavy (non-hydrogen) atoms. The first-order chi connectivity index (χ1) is 10.1. The van der Waals surface area contributed by atoms with Gasteiger partial charge in [0.25, 0.3) is 0 Å². The van der Waals surface area contributed by atoms with Crippen molar-refractivity contribution in [3.05, 3.63) is 57.8 Å². The van der Waals surface area contributed by atoms with Gasteiger partial charge in [0.2, 0.25) is 11.6 Å². The molecule has 0 saturated carbocycles. The molecule has 0 radical (unpaired) electrons. The normalized spacial score (nSPS) is 9.90. The smallest absolute Gasteiger partial charge is 0.305 e. The van der Waals surface area contributed by atoms with Crippen molar-refractivity contribution in [3.8, 4) is 17.7 Å². The van der Waals surface area contributed by atoms with E-state index in [9.17, 15) is 10.1 Å². The summed E-state index contributed by atoms with van der Waals surface area (Å²) in [5.41, 5.74) is 0.412. The summed E-state index contributed by atoms with van der Waals surface area (Å²) < 4.78 is 5.53. The second-order valence-corrected chi connectivity index (χ2v) is 4.17. The largest absolute Gasteiger partial charge is 0.439 e. The third-order valence-electron chi connectivity index (χ3n) is 2.65. The number of hydrogen-bond acceptors (Lipinski definition) is 6. The molecule has 0 aliphatic heterocycles. The molecule has 106 valence electrons. The van der Waals surface area contributed by atoms with Crippen LogP contribution in [0.4, 0.5) is 5.69 Å². The Morgan fingerprint density at radius 3 is 2.90 bits per heavy atom. The van der Waals surface area contributed by atoms with E-state index in [0.29, 0.717) is 12.3 Å². The molecule has 2 aromatic rings. The van der Waals surface area contributed by atoms with Gasteiger partial charge in [0.05, 0.1) is 4.92 Å². The van der Waals surface area contributed by atoms with Gasteiger partial charge < -0.3 is 10.1 Å². The molecule has 0 bridgehead atoms. The lowest BCUT2D eigenvalue weighted by Gasteiger charge is -2.07. The Morgan fingerprint density at radius 1 is 1.43 bits per heavy atom. The molecule has 7 heteroatoms. The molecular weight excluding hydrogens is 272 g/mol. The number of rotatable bonds is 5. The number of benzene rings is 1. The number of nitro groups is 1. The summed E-state index contributed by atoms with van der Waals surface area (Å²) in [7, 11) is 1.84. The van der Waals surface area contributed by atoms with Gasteiger partial charge in [-0.15, -0.1) is 0 Å². The summed E-state index contributed by atoms with van der Waals surface area (Å²) in [6.45, 7) is 0.689. The monoisotopic (exact) mass is 284 g/mol. The fourth-order valence-electron chi connectivity index (χ4n) is 1.76. The molecule has 0 unspecified atom stereocenters. The maximum Gasteiger partial charge on any atom is 0.305 e. The van der Waals surface area contributed by atoms with Crippen LogP contribution in [0.25, 0.3) is 0 Å². The quantitative estimate of drug-likeness (QED) is 0.668. The molecule has 7 nitrogen and oxygen atoms in total. The van der Waals surface area contributed by atoms with Gasteiger partial charge in [-0.2, -0.15) is 10.2 Å². The summed E-state index contributed by atoms with van der Waals surface area (Å²) >= 11 is 0. The van der Waals surface area contributed by atoms with Crippen LogP contribution < -0.4 is 10.1 Å². The van der Waals surface area contributed by atoms with Crippen molar-refractivity contribution < 1.29 is 9.66 Å². The summed E-state index contributed by atoms with van der Waals surface area (Å²) in [4.78, 5) is 13.9. The van der Waals surface area contributed by atoms with E-state index in [1.165, 1.54) is 12.1 Å². The van der Waals surface area contributed by atoms with E-state index in [-0.39, 0.29) is 17.3 Å². The Morgan fingerprint density at radius 2 is 2.24 bits per heavy atom. The van der Waals surface area contributed by atoms with E-state index in [1.54, 1.807) is 12.1 Å². The van der Waals surface area contributed by atoms with Crippen LogP contribution in [0.2, 0.25) is 0 Å². The third kappa shape index (κ3) is 3.52. The average molecular weight is 284 g/mol. The van der Waals surface area contributed by atoms with Crippen LogP contribution in [-0.2, 0) is 6.54 Å². The van der Waals surface area contributed by atoms with Crippen LogP contribution in [-0.4, -0.2) is 17.0 Å². The van der Waals surface area contributed by atoms with Crippen molar-refractivity contribution in [2.45, 2.75) is 6.54 Å². The van der Waals surface area contributed by atoms with Gasteiger partial charge in [0.15, 0.2) is 0 Å². The number of pyridine rings is 1. The number of nitrogens with zero attached hydrogens (tertiary/aromatic N) is 3. The van der Waals surface area contributed by atoms with E-state index in [1.807, 2.05) is 25.2 Å². The highest BCUT2D eigenvalue weighted by Gasteiger charge is 2.16. The first-order valence-electron chi connectivity index (χ1n) is 6.11. The average Bonchev–Trinajstić information content (AvgIpc) is 2.47. The molecule has 1 aromatic carbocycles. The Kier molecular flexibility index (Phi) is 4.43. The molecule has 0 fully saturated rings. The van der Waals surface area contributed by atoms with Crippen LogP contribution in [0.5, 0.6) is 11.6 Å².